The van der Waals surface area contributed by atoms with Crippen molar-refractivity contribution in [2.45, 2.75) is 50.0 Å². The van der Waals surface area contributed by atoms with Gasteiger partial charge in [-0.1, -0.05) is 103 Å². The Morgan fingerprint density at radius 1 is 0.842 bits per heavy atom. The summed E-state index contributed by atoms with van der Waals surface area (Å²) < 4.78 is 9.78. The van der Waals surface area contributed by atoms with E-state index in [1.54, 1.807) is 20.8 Å². The molecule has 0 fully saturated rings. The molecule has 0 radical (unpaired) electrons. The van der Waals surface area contributed by atoms with Crippen LogP contribution < -0.4 is 5.32 Å². The van der Waals surface area contributed by atoms with Crippen molar-refractivity contribution < 1.29 is 19.1 Å². The van der Waals surface area contributed by atoms with Crippen molar-refractivity contribution in [3.8, 4) is 0 Å². The Bertz CT molecular complexity index is 1080. The Kier molecular flexibility index (Phi) is 10.6. The quantitative estimate of drug-likeness (QED) is 0.124. The Morgan fingerprint density at radius 2 is 1.32 bits per heavy atom. The number of amides is 1. The van der Waals surface area contributed by atoms with Crippen LogP contribution in [-0.4, -0.2) is 36.6 Å². The number of alkyl carbamates (subject to hydrolysis) is 1. The lowest BCUT2D eigenvalue weighted by Gasteiger charge is -2.35. The largest absolute Gasteiger partial charge is 0.469 e. The number of carbonyl (C=O) groups excluding carboxylic acids is 2. The Labute approximate surface area is 230 Å². The topological polar surface area (TPSA) is 64.6 Å². The van der Waals surface area contributed by atoms with Gasteiger partial charge in [0.25, 0.3) is 0 Å². The number of hydrogen-bond donors (Lipinski definition) is 1. The van der Waals surface area contributed by atoms with Gasteiger partial charge >= 0.3 is 12.1 Å². The van der Waals surface area contributed by atoms with Crippen LogP contribution in [0.5, 0.6) is 0 Å². The van der Waals surface area contributed by atoms with Gasteiger partial charge in [-0.15, -0.1) is 11.8 Å². The van der Waals surface area contributed by atoms with Crippen LogP contribution in [0.4, 0.5) is 4.79 Å². The molecule has 1 N–H and O–H groups in total. The molecule has 3 aromatic carbocycles. The summed E-state index contributed by atoms with van der Waals surface area (Å²) in [5.74, 6) is 0.411. The van der Waals surface area contributed by atoms with Crippen molar-refractivity contribution in [3.05, 3.63) is 120 Å². The summed E-state index contributed by atoms with van der Waals surface area (Å²) in [6, 6.07) is 31.2. The third-order valence-corrected chi connectivity index (χ3v) is 7.41. The third kappa shape index (κ3) is 8.25. The van der Waals surface area contributed by atoms with E-state index in [1.807, 2.05) is 42.1 Å². The van der Waals surface area contributed by atoms with E-state index in [0.717, 1.165) is 12.2 Å². The predicted molar refractivity (Wildman–Crippen MR) is 155 cm³/mol. The first-order valence-electron chi connectivity index (χ1n) is 12.8. The fourth-order valence-corrected chi connectivity index (χ4v) is 5.67. The van der Waals surface area contributed by atoms with Crippen LogP contribution >= 0.6 is 11.8 Å². The molecule has 0 aromatic heterocycles. The molecule has 0 heterocycles. The van der Waals surface area contributed by atoms with Gasteiger partial charge in [-0.05, 0) is 49.6 Å². The van der Waals surface area contributed by atoms with Crippen LogP contribution in [0.25, 0.3) is 0 Å². The summed E-state index contributed by atoms with van der Waals surface area (Å²) in [7, 11) is 1.34. The second-order valence-corrected chi connectivity index (χ2v) is 11.2. The molecule has 38 heavy (non-hydrogen) atoms. The number of thioether (sulfide) groups is 1. The molecule has 0 aliphatic rings. The lowest BCUT2D eigenvalue weighted by atomic mass is 9.84. The van der Waals surface area contributed by atoms with E-state index in [9.17, 15) is 9.59 Å². The summed E-state index contributed by atoms with van der Waals surface area (Å²) in [5, 5.41) is 2.77. The smallest absolute Gasteiger partial charge is 0.408 e. The zero-order valence-electron chi connectivity index (χ0n) is 22.6. The lowest BCUT2D eigenvalue weighted by molar-refractivity contribution is -0.140. The number of methoxy groups -OCH3 is 1. The van der Waals surface area contributed by atoms with E-state index < -0.39 is 28.5 Å². The van der Waals surface area contributed by atoms with Gasteiger partial charge in [0.15, 0.2) is 0 Å². The second-order valence-electron chi connectivity index (χ2n) is 9.88. The van der Waals surface area contributed by atoms with E-state index >= 15 is 0 Å². The van der Waals surface area contributed by atoms with E-state index in [-0.39, 0.29) is 6.42 Å². The molecule has 6 heteroatoms. The molecule has 5 nitrogen and oxygen atoms in total. The number of carbonyl (C=O) groups is 2. The van der Waals surface area contributed by atoms with Gasteiger partial charge in [-0.2, -0.15) is 0 Å². The van der Waals surface area contributed by atoms with E-state index in [2.05, 4.69) is 78.1 Å². The standard InChI is InChI=1S/C32H37NO4S/c1-31(2,3)37-30(35)33-28(24-29(34)36-4)22-14-15-23-38-32(25-16-8-5-9-17-25,26-18-10-6-11-19-26)27-20-12-7-13-21-27/h5-14,16-22,28H,15,23-24H2,1-4H3,(H,33,35)/b22-14+/t28-/m1/s1. The number of ether oxygens (including phenoxy) is 2. The van der Waals surface area contributed by atoms with Crippen LogP contribution in [0.2, 0.25) is 0 Å². The highest BCUT2D eigenvalue weighted by Gasteiger charge is 2.36. The molecular weight excluding hydrogens is 494 g/mol. The third-order valence-electron chi connectivity index (χ3n) is 5.83. The van der Waals surface area contributed by atoms with E-state index in [4.69, 9.17) is 9.47 Å². The molecule has 3 rings (SSSR count). The van der Waals surface area contributed by atoms with Gasteiger partial charge in [0.05, 0.1) is 24.3 Å². The van der Waals surface area contributed by atoms with Crippen LogP contribution in [0, 0.1) is 0 Å². The molecule has 200 valence electrons. The Balaban J connectivity index is 1.82. The monoisotopic (exact) mass is 531 g/mol. The summed E-state index contributed by atoms with van der Waals surface area (Å²) >= 11 is 1.87. The van der Waals surface area contributed by atoms with Crippen LogP contribution in [-0.2, 0) is 19.0 Å². The molecule has 1 amide bonds. The minimum atomic E-state index is -0.629. The van der Waals surface area contributed by atoms with Crippen molar-refractivity contribution in [2.75, 3.05) is 12.9 Å². The van der Waals surface area contributed by atoms with Gasteiger partial charge in [0.1, 0.15) is 5.60 Å². The number of allylic oxidation sites excluding steroid dienone is 1. The highest BCUT2D eigenvalue weighted by atomic mass is 32.2. The van der Waals surface area contributed by atoms with Crippen LogP contribution in [0.15, 0.2) is 103 Å². The molecule has 1 atom stereocenters. The van der Waals surface area contributed by atoms with Crippen molar-refractivity contribution in [1.82, 2.24) is 5.32 Å². The minimum Gasteiger partial charge on any atom is -0.469 e. The zero-order chi connectivity index (χ0) is 27.4. The fraction of sp³-hybridized carbons (Fsp3) is 0.312. The maximum absolute atomic E-state index is 12.3. The number of hydrogen-bond acceptors (Lipinski definition) is 5. The Hall–Kier alpha value is -3.51. The molecule has 0 bridgehead atoms. The minimum absolute atomic E-state index is 0.0291. The van der Waals surface area contributed by atoms with Crippen LogP contribution in [0.1, 0.15) is 50.3 Å². The van der Waals surface area contributed by atoms with Crippen molar-refractivity contribution in [1.29, 1.82) is 0 Å². The highest BCUT2D eigenvalue weighted by molar-refractivity contribution is 8.00. The zero-order valence-corrected chi connectivity index (χ0v) is 23.4. The van der Waals surface area contributed by atoms with Crippen molar-refractivity contribution in [3.63, 3.8) is 0 Å². The average molecular weight is 532 g/mol. The van der Waals surface area contributed by atoms with Gasteiger partial charge in [-0.25, -0.2) is 4.79 Å². The summed E-state index contributed by atoms with van der Waals surface area (Å²) in [4.78, 5) is 24.2. The highest BCUT2D eigenvalue weighted by Crippen LogP contribution is 2.48. The Morgan fingerprint density at radius 3 is 1.74 bits per heavy atom. The fourth-order valence-electron chi connectivity index (χ4n) is 4.20. The van der Waals surface area contributed by atoms with E-state index in [1.165, 1.54) is 23.8 Å². The molecular formula is C32H37NO4S. The predicted octanol–water partition coefficient (Wildman–Crippen LogP) is 7.11. The maximum atomic E-state index is 12.3. The second kappa shape index (κ2) is 13.9. The van der Waals surface area contributed by atoms with Crippen LogP contribution in [0.3, 0.4) is 0 Å². The molecule has 0 saturated heterocycles. The number of rotatable bonds is 11. The molecule has 0 aliphatic heterocycles. The van der Waals surface area contributed by atoms with Gasteiger partial charge < -0.3 is 14.8 Å². The van der Waals surface area contributed by atoms with Gasteiger partial charge in [0.2, 0.25) is 0 Å². The molecule has 0 saturated carbocycles. The normalized spacial score (nSPS) is 12.6. The SMILES string of the molecule is COC(=O)C[C@@H](/C=C/CCSC(c1ccccc1)(c1ccccc1)c1ccccc1)NC(=O)OC(C)(C)C. The van der Waals surface area contributed by atoms with Gasteiger partial charge in [-0.3, -0.25) is 4.79 Å². The van der Waals surface area contributed by atoms with E-state index in [0.29, 0.717) is 0 Å². The summed E-state index contributed by atoms with van der Waals surface area (Å²) in [5.41, 5.74) is 3.00. The number of nitrogens with one attached hydrogen (secondary N) is 1. The molecule has 0 spiro atoms. The summed E-state index contributed by atoms with van der Waals surface area (Å²) in [6.07, 6.45) is 4.05. The first-order chi connectivity index (χ1) is 18.2. The number of benzene rings is 3. The van der Waals surface area contributed by atoms with Gasteiger partial charge in [0, 0.05) is 0 Å². The maximum Gasteiger partial charge on any atom is 0.408 e. The molecule has 0 unspecified atom stereocenters. The molecule has 3 aromatic rings. The molecule has 0 aliphatic carbocycles. The van der Waals surface area contributed by atoms with Crippen molar-refractivity contribution in [2.24, 2.45) is 0 Å². The van der Waals surface area contributed by atoms with Crippen molar-refractivity contribution >= 4 is 23.8 Å². The average Bonchev–Trinajstić information content (AvgIpc) is 2.91. The lowest BCUT2D eigenvalue weighted by Crippen LogP contribution is -2.39. The number of esters is 1. The first kappa shape index (κ1) is 29.1. The summed E-state index contributed by atoms with van der Waals surface area (Å²) in [6.45, 7) is 5.40. The first-order valence-corrected chi connectivity index (χ1v) is 13.8.